The number of hydrogen-bond donors (Lipinski definition) is 4. The third-order valence-corrected chi connectivity index (χ3v) is 8.77. The second-order valence-corrected chi connectivity index (χ2v) is 11.1. The fraction of sp³-hybridized carbons (Fsp3) is 0.800. The minimum Gasteiger partial charge on any atom is -0.481 e. The van der Waals surface area contributed by atoms with Crippen LogP contribution in [0.4, 0.5) is 0 Å². The summed E-state index contributed by atoms with van der Waals surface area (Å²) in [5, 5.41) is 42.7. The van der Waals surface area contributed by atoms with Gasteiger partial charge in [0, 0.05) is 5.92 Å². The molecule has 0 unspecified atom stereocenters. The molecule has 4 N–H and O–H groups in total. The van der Waals surface area contributed by atoms with Crippen molar-refractivity contribution in [3.05, 3.63) is 23.3 Å². The van der Waals surface area contributed by atoms with Gasteiger partial charge >= 0.3 is 5.97 Å². The first-order valence-corrected chi connectivity index (χ1v) is 11.5. The van der Waals surface area contributed by atoms with Crippen LogP contribution in [0.5, 0.6) is 0 Å². The standard InChI is InChI=1S/C25H40O5/c1-15-6-7-19-18(16(2)22(27)28)8-11-23(19,3)14-21(26)25(5,30)13-10-20-17(15)9-12-24(20,4)29/h6,10,16-19,21,26,29-30H,7-9,11-14H2,1-5H3,(H,27,28)/b15-6-,20-10-/t16-,17-,18-,19+,21+,23-,24+,25+/m0/s1. The smallest absolute Gasteiger partial charge is 0.306 e. The zero-order chi connectivity index (χ0) is 22.5. The van der Waals surface area contributed by atoms with E-state index in [0.29, 0.717) is 19.3 Å². The highest BCUT2D eigenvalue weighted by Crippen LogP contribution is 2.55. The first-order chi connectivity index (χ1) is 13.8. The molecule has 0 heterocycles. The molecule has 30 heavy (non-hydrogen) atoms. The Morgan fingerprint density at radius 2 is 1.80 bits per heavy atom. The van der Waals surface area contributed by atoms with Gasteiger partial charge in [-0.3, -0.25) is 4.79 Å². The highest BCUT2D eigenvalue weighted by atomic mass is 16.4. The van der Waals surface area contributed by atoms with Gasteiger partial charge in [-0.25, -0.2) is 0 Å². The van der Waals surface area contributed by atoms with Crippen LogP contribution in [-0.4, -0.2) is 43.7 Å². The lowest BCUT2D eigenvalue weighted by Crippen LogP contribution is -2.44. The number of carboxylic acids is 1. The molecule has 170 valence electrons. The molecule has 0 bridgehead atoms. The minimum absolute atomic E-state index is 0.0540. The second kappa shape index (κ2) is 8.07. The summed E-state index contributed by atoms with van der Waals surface area (Å²) in [6, 6.07) is 0. The fourth-order valence-electron chi connectivity index (χ4n) is 6.40. The van der Waals surface area contributed by atoms with Crippen molar-refractivity contribution in [2.75, 3.05) is 0 Å². The number of fused-ring (bicyclic) bond motifs is 2. The zero-order valence-corrected chi connectivity index (χ0v) is 19.2. The maximum absolute atomic E-state index is 11.8. The highest BCUT2D eigenvalue weighted by Gasteiger charge is 2.50. The molecule has 0 aliphatic heterocycles. The van der Waals surface area contributed by atoms with Gasteiger partial charge in [-0.15, -0.1) is 0 Å². The summed E-state index contributed by atoms with van der Waals surface area (Å²) in [5.74, 6) is -0.870. The van der Waals surface area contributed by atoms with Crippen LogP contribution < -0.4 is 0 Å². The molecule has 0 aromatic rings. The van der Waals surface area contributed by atoms with Crippen LogP contribution in [-0.2, 0) is 4.79 Å². The van der Waals surface area contributed by atoms with Crippen molar-refractivity contribution in [3.8, 4) is 0 Å². The number of carboxylic acid groups (broad SMARTS) is 1. The Labute approximate surface area is 180 Å². The van der Waals surface area contributed by atoms with Crippen molar-refractivity contribution in [1.29, 1.82) is 0 Å². The van der Waals surface area contributed by atoms with Crippen molar-refractivity contribution >= 4 is 5.97 Å². The quantitative estimate of drug-likeness (QED) is 0.505. The third kappa shape index (κ3) is 4.26. The van der Waals surface area contributed by atoms with Crippen molar-refractivity contribution in [1.82, 2.24) is 0 Å². The van der Waals surface area contributed by atoms with Crippen LogP contribution >= 0.6 is 0 Å². The molecule has 8 atom stereocenters. The Balaban J connectivity index is 2.03. The van der Waals surface area contributed by atoms with Crippen molar-refractivity contribution < 1.29 is 25.2 Å². The molecule has 3 aliphatic carbocycles. The number of hydrogen-bond acceptors (Lipinski definition) is 4. The summed E-state index contributed by atoms with van der Waals surface area (Å²) in [6.07, 6.45) is 8.04. The number of aliphatic hydroxyl groups is 3. The maximum Gasteiger partial charge on any atom is 0.306 e. The average Bonchev–Trinajstić information content (AvgIpc) is 3.12. The molecular formula is C25H40O5. The van der Waals surface area contributed by atoms with Gasteiger partial charge in [-0.05, 0) is 88.5 Å². The van der Waals surface area contributed by atoms with E-state index >= 15 is 0 Å². The highest BCUT2D eigenvalue weighted by molar-refractivity contribution is 5.70. The van der Waals surface area contributed by atoms with Gasteiger partial charge in [0.25, 0.3) is 0 Å². The lowest BCUT2D eigenvalue weighted by atomic mass is 9.67. The van der Waals surface area contributed by atoms with Crippen molar-refractivity contribution in [2.45, 2.75) is 96.9 Å². The predicted molar refractivity (Wildman–Crippen MR) is 117 cm³/mol. The summed E-state index contributed by atoms with van der Waals surface area (Å²) >= 11 is 0. The molecule has 0 spiro atoms. The van der Waals surface area contributed by atoms with Gasteiger partial charge < -0.3 is 20.4 Å². The Morgan fingerprint density at radius 1 is 1.13 bits per heavy atom. The molecule has 0 saturated heterocycles. The molecule has 0 amide bonds. The van der Waals surface area contributed by atoms with E-state index in [0.717, 1.165) is 31.3 Å². The van der Waals surface area contributed by atoms with E-state index in [9.17, 15) is 25.2 Å². The van der Waals surface area contributed by atoms with Gasteiger partial charge in [0.15, 0.2) is 0 Å². The summed E-state index contributed by atoms with van der Waals surface area (Å²) < 4.78 is 0. The van der Waals surface area contributed by atoms with E-state index in [1.165, 1.54) is 5.57 Å². The zero-order valence-electron chi connectivity index (χ0n) is 19.2. The second-order valence-electron chi connectivity index (χ2n) is 11.1. The Kier molecular flexibility index (Phi) is 6.32. The fourth-order valence-corrected chi connectivity index (χ4v) is 6.40. The van der Waals surface area contributed by atoms with Crippen molar-refractivity contribution in [2.24, 2.45) is 29.1 Å². The predicted octanol–water partition coefficient (Wildman–Crippen LogP) is 4.07. The SMILES string of the molecule is C/C1=C/C[C@@H]2[C@H]([C@H](C)C(=O)O)CC[C@@]2(C)C[C@@H](O)[C@](C)(O)C/C=C2/[C@H]1CC[C@@]2(C)O. The number of allylic oxidation sites excluding steroid dienone is 2. The molecule has 5 heteroatoms. The Bertz CT molecular complexity index is 734. The van der Waals surface area contributed by atoms with E-state index < -0.39 is 29.2 Å². The van der Waals surface area contributed by atoms with E-state index in [4.69, 9.17) is 0 Å². The van der Waals surface area contributed by atoms with Gasteiger partial charge in [0.05, 0.1) is 23.2 Å². The number of rotatable bonds is 2. The molecule has 2 saturated carbocycles. The monoisotopic (exact) mass is 420 g/mol. The molecule has 2 fully saturated rings. The first-order valence-electron chi connectivity index (χ1n) is 11.5. The van der Waals surface area contributed by atoms with Gasteiger partial charge in [0.2, 0.25) is 0 Å². The lowest BCUT2D eigenvalue weighted by Gasteiger charge is -2.40. The normalized spacial score (nSPS) is 49.5. The number of aliphatic hydroxyl groups excluding tert-OH is 1. The Hall–Kier alpha value is -1.17. The summed E-state index contributed by atoms with van der Waals surface area (Å²) in [4.78, 5) is 11.8. The van der Waals surface area contributed by atoms with E-state index in [-0.39, 0.29) is 23.2 Å². The molecule has 5 nitrogen and oxygen atoms in total. The van der Waals surface area contributed by atoms with Gasteiger partial charge in [-0.1, -0.05) is 31.6 Å². The third-order valence-electron chi connectivity index (χ3n) is 8.77. The molecule has 3 aliphatic rings. The largest absolute Gasteiger partial charge is 0.481 e. The first kappa shape index (κ1) is 23.5. The molecule has 0 aromatic heterocycles. The van der Waals surface area contributed by atoms with Crippen LogP contribution in [0, 0.1) is 29.1 Å². The van der Waals surface area contributed by atoms with Crippen LogP contribution in [0.15, 0.2) is 23.3 Å². The molecule has 3 rings (SSSR count). The molecule has 0 aromatic carbocycles. The van der Waals surface area contributed by atoms with Crippen LogP contribution in [0.3, 0.4) is 0 Å². The number of carbonyl (C=O) groups is 1. The van der Waals surface area contributed by atoms with Crippen LogP contribution in [0.1, 0.15) is 79.6 Å². The average molecular weight is 421 g/mol. The Morgan fingerprint density at radius 3 is 2.43 bits per heavy atom. The van der Waals surface area contributed by atoms with E-state index in [2.05, 4.69) is 19.9 Å². The molecule has 0 radical (unpaired) electrons. The lowest BCUT2D eigenvalue weighted by molar-refractivity contribution is -0.144. The van der Waals surface area contributed by atoms with E-state index in [1.807, 2.05) is 13.0 Å². The van der Waals surface area contributed by atoms with Gasteiger partial charge in [0.1, 0.15) is 0 Å². The topological polar surface area (TPSA) is 98.0 Å². The minimum atomic E-state index is -1.29. The summed E-state index contributed by atoms with van der Waals surface area (Å²) in [6.45, 7) is 9.57. The van der Waals surface area contributed by atoms with Crippen LogP contribution in [0.2, 0.25) is 0 Å². The van der Waals surface area contributed by atoms with Gasteiger partial charge in [-0.2, -0.15) is 0 Å². The maximum atomic E-state index is 11.8. The van der Waals surface area contributed by atoms with Crippen LogP contribution in [0.25, 0.3) is 0 Å². The summed E-state index contributed by atoms with van der Waals surface area (Å²) in [5.41, 5.74) is -0.254. The molecular weight excluding hydrogens is 380 g/mol. The van der Waals surface area contributed by atoms with E-state index in [1.54, 1.807) is 13.8 Å². The summed E-state index contributed by atoms with van der Waals surface area (Å²) in [7, 11) is 0. The number of aliphatic carboxylic acids is 1. The van der Waals surface area contributed by atoms with Crippen molar-refractivity contribution in [3.63, 3.8) is 0 Å².